The zero-order chi connectivity index (χ0) is 18.0. The number of hydrogen-bond donors (Lipinski definition) is 1. The third-order valence-corrected chi connectivity index (χ3v) is 4.42. The molecule has 6 heteroatoms. The number of benzene rings is 2. The number of aryl methyl sites for hydroxylation is 1. The summed E-state index contributed by atoms with van der Waals surface area (Å²) in [7, 11) is 0. The van der Waals surface area contributed by atoms with Crippen molar-refractivity contribution in [1.82, 2.24) is 0 Å². The average molecular weight is 360 g/mol. The molecule has 0 fully saturated rings. The lowest BCUT2D eigenvalue weighted by molar-refractivity contribution is -0.126. The average Bonchev–Trinajstić information content (AvgIpc) is 2.62. The van der Waals surface area contributed by atoms with Gasteiger partial charge in [0.1, 0.15) is 11.3 Å². The van der Waals surface area contributed by atoms with Gasteiger partial charge in [-0.3, -0.25) is 4.79 Å². The molecule has 0 bridgehead atoms. The Balaban J connectivity index is 1.75. The number of amides is 1. The van der Waals surface area contributed by atoms with E-state index in [4.69, 9.17) is 16.3 Å². The van der Waals surface area contributed by atoms with Crippen LogP contribution in [0.4, 0.5) is 5.69 Å². The SMILES string of the molecule is CC(OC(=O)c1cc(Cl)ccc1O)C(=O)N1CCCc2ccccc21. The van der Waals surface area contributed by atoms with Gasteiger partial charge in [0.05, 0.1) is 0 Å². The second-order valence-corrected chi connectivity index (χ2v) is 6.37. The van der Waals surface area contributed by atoms with Gasteiger partial charge >= 0.3 is 5.97 Å². The first-order chi connectivity index (χ1) is 12.0. The fourth-order valence-corrected chi connectivity index (χ4v) is 3.10. The van der Waals surface area contributed by atoms with Crippen molar-refractivity contribution in [2.45, 2.75) is 25.9 Å². The van der Waals surface area contributed by atoms with Gasteiger partial charge in [-0.15, -0.1) is 0 Å². The molecule has 1 heterocycles. The van der Waals surface area contributed by atoms with E-state index in [-0.39, 0.29) is 17.2 Å². The minimum atomic E-state index is -0.975. The number of carbonyl (C=O) groups is 2. The fraction of sp³-hybridized carbons (Fsp3) is 0.263. The lowest BCUT2D eigenvalue weighted by Gasteiger charge is -2.31. The van der Waals surface area contributed by atoms with Crippen molar-refractivity contribution in [3.8, 4) is 5.75 Å². The number of esters is 1. The number of phenolic OH excluding ortho intramolecular Hbond substituents is 1. The van der Waals surface area contributed by atoms with Crippen molar-refractivity contribution >= 4 is 29.2 Å². The zero-order valence-corrected chi connectivity index (χ0v) is 14.5. The number of anilines is 1. The lowest BCUT2D eigenvalue weighted by atomic mass is 10.0. The van der Waals surface area contributed by atoms with Crippen LogP contribution in [0.5, 0.6) is 5.75 Å². The summed E-state index contributed by atoms with van der Waals surface area (Å²) in [5, 5.41) is 10.1. The van der Waals surface area contributed by atoms with Gasteiger partial charge in [-0.1, -0.05) is 29.8 Å². The molecule has 130 valence electrons. The summed E-state index contributed by atoms with van der Waals surface area (Å²) in [5.74, 6) is -1.31. The van der Waals surface area contributed by atoms with Gasteiger partial charge in [0.2, 0.25) is 0 Å². The number of ether oxygens (including phenoxy) is 1. The maximum atomic E-state index is 12.7. The summed E-state index contributed by atoms with van der Waals surface area (Å²) in [4.78, 5) is 26.6. The lowest BCUT2D eigenvalue weighted by Crippen LogP contribution is -2.42. The number of rotatable bonds is 3. The number of hydrogen-bond acceptors (Lipinski definition) is 4. The molecule has 1 aliphatic rings. The fourth-order valence-electron chi connectivity index (χ4n) is 2.93. The summed E-state index contributed by atoms with van der Waals surface area (Å²) < 4.78 is 5.25. The first-order valence-electron chi connectivity index (χ1n) is 8.06. The highest BCUT2D eigenvalue weighted by Crippen LogP contribution is 2.28. The van der Waals surface area contributed by atoms with E-state index in [9.17, 15) is 14.7 Å². The monoisotopic (exact) mass is 359 g/mol. The zero-order valence-electron chi connectivity index (χ0n) is 13.7. The first kappa shape index (κ1) is 17.3. The Morgan fingerprint density at radius 1 is 1.24 bits per heavy atom. The van der Waals surface area contributed by atoms with E-state index in [1.165, 1.54) is 25.1 Å². The van der Waals surface area contributed by atoms with E-state index < -0.39 is 12.1 Å². The Morgan fingerprint density at radius 3 is 2.80 bits per heavy atom. The maximum absolute atomic E-state index is 12.7. The van der Waals surface area contributed by atoms with E-state index in [2.05, 4.69) is 0 Å². The highest BCUT2D eigenvalue weighted by atomic mass is 35.5. The summed E-state index contributed by atoms with van der Waals surface area (Å²) >= 11 is 5.84. The Labute approximate surface area is 150 Å². The molecule has 3 rings (SSSR count). The van der Waals surface area contributed by atoms with E-state index in [1.54, 1.807) is 4.90 Å². The van der Waals surface area contributed by atoms with Crippen molar-refractivity contribution in [3.63, 3.8) is 0 Å². The molecular weight excluding hydrogens is 342 g/mol. The number of nitrogens with zero attached hydrogens (tertiary/aromatic N) is 1. The molecule has 1 atom stereocenters. The number of carbonyl (C=O) groups excluding carboxylic acids is 2. The van der Waals surface area contributed by atoms with E-state index in [1.807, 2.05) is 24.3 Å². The molecule has 25 heavy (non-hydrogen) atoms. The molecule has 1 amide bonds. The predicted octanol–water partition coefficient (Wildman–Crippen LogP) is 3.57. The number of halogens is 1. The van der Waals surface area contributed by atoms with Crippen LogP contribution in [0.1, 0.15) is 29.3 Å². The van der Waals surface area contributed by atoms with E-state index >= 15 is 0 Å². The van der Waals surface area contributed by atoms with Crippen molar-refractivity contribution in [3.05, 3.63) is 58.6 Å². The number of phenols is 1. The van der Waals surface area contributed by atoms with Crippen molar-refractivity contribution in [1.29, 1.82) is 0 Å². The predicted molar refractivity (Wildman–Crippen MR) is 95.1 cm³/mol. The molecule has 1 aliphatic heterocycles. The Hall–Kier alpha value is -2.53. The van der Waals surface area contributed by atoms with Crippen LogP contribution in [0, 0.1) is 0 Å². The summed E-state index contributed by atoms with van der Waals surface area (Å²) in [6, 6.07) is 11.8. The van der Waals surface area contributed by atoms with Crippen molar-refractivity contribution in [2.75, 3.05) is 11.4 Å². The van der Waals surface area contributed by atoms with E-state index in [0.717, 1.165) is 24.1 Å². The molecule has 2 aromatic rings. The Morgan fingerprint density at radius 2 is 2.00 bits per heavy atom. The van der Waals surface area contributed by atoms with Crippen LogP contribution in [-0.2, 0) is 16.0 Å². The van der Waals surface area contributed by atoms with Crippen LogP contribution < -0.4 is 4.90 Å². The molecule has 1 unspecified atom stereocenters. The molecule has 0 saturated heterocycles. The second kappa shape index (κ2) is 7.15. The topological polar surface area (TPSA) is 66.8 Å². The Kier molecular flexibility index (Phi) is 4.95. The van der Waals surface area contributed by atoms with Crippen LogP contribution in [0.3, 0.4) is 0 Å². The molecule has 0 aromatic heterocycles. The molecule has 5 nitrogen and oxygen atoms in total. The van der Waals surface area contributed by atoms with Crippen LogP contribution in [0.2, 0.25) is 5.02 Å². The molecule has 0 aliphatic carbocycles. The molecule has 2 aromatic carbocycles. The normalized spacial score (nSPS) is 14.6. The van der Waals surface area contributed by atoms with Gasteiger partial charge in [-0.05, 0) is 49.6 Å². The molecule has 1 N–H and O–H groups in total. The summed E-state index contributed by atoms with van der Waals surface area (Å²) in [6.45, 7) is 2.11. The first-order valence-corrected chi connectivity index (χ1v) is 8.44. The van der Waals surface area contributed by atoms with Crippen LogP contribution in [-0.4, -0.2) is 29.6 Å². The second-order valence-electron chi connectivity index (χ2n) is 5.93. The summed E-state index contributed by atoms with van der Waals surface area (Å²) in [5.41, 5.74) is 1.89. The smallest absolute Gasteiger partial charge is 0.342 e. The molecule has 0 saturated carbocycles. The van der Waals surface area contributed by atoms with Gasteiger partial charge in [0, 0.05) is 17.3 Å². The van der Waals surface area contributed by atoms with Gasteiger partial charge in [0.25, 0.3) is 5.91 Å². The minimum Gasteiger partial charge on any atom is -0.507 e. The largest absolute Gasteiger partial charge is 0.507 e. The van der Waals surface area contributed by atoms with Crippen LogP contribution >= 0.6 is 11.6 Å². The highest BCUT2D eigenvalue weighted by Gasteiger charge is 2.29. The van der Waals surface area contributed by atoms with Gasteiger partial charge in [-0.2, -0.15) is 0 Å². The van der Waals surface area contributed by atoms with Crippen LogP contribution in [0.25, 0.3) is 0 Å². The Bertz CT molecular complexity index is 821. The van der Waals surface area contributed by atoms with Gasteiger partial charge in [-0.25, -0.2) is 4.79 Å². The van der Waals surface area contributed by atoms with Crippen LogP contribution in [0.15, 0.2) is 42.5 Å². The molecular formula is C19H18ClNO4. The number of aromatic hydroxyl groups is 1. The van der Waals surface area contributed by atoms with Crippen molar-refractivity contribution in [2.24, 2.45) is 0 Å². The van der Waals surface area contributed by atoms with Gasteiger partial charge in [0.15, 0.2) is 6.10 Å². The minimum absolute atomic E-state index is 0.0637. The van der Waals surface area contributed by atoms with E-state index in [0.29, 0.717) is 11.6 Å². The quantitative estimate of drug-likeness (QED) is 0.851. The number of para-hydroxylation sites is 1. The van der Waals surface area contributed by atoms with Gasteiger partial charge < -0.3 is 14.7 Å². The third-order valence-electron chi connectivity index (χ3n) is 4.19. The molecule has 0 spiro atoms. The highest BCUT2D eigenvalue weighted by molar-refractivity contribution is 6.31. The number of fused-ring (bicyclic) bond motifs is 1. The standard InChI is InChI=1S/C19H18ClNO4/c1-12(25-19(24)15-11-14(20)8-9-17(15)22)18(23)21-10-4-6-13-5-2-3-7-16(13)21/h2-3,5,7-9,11-12,22H,4,6,10H2,1H3. The molecule has 0 radical (unpaired) electrons. The maximum Gasteiger partial charge on any atom is 0.342 e. The summed E-state index contributed by atoms with van der Waals surface area (Å²) in [6.07, 6.45) is 0.806. The van der Waals surface area contributed by atoms with Crippen molar-refractivity contribution < 1.29 is 19.4 Å². The third kappa shape index (κ3) is 3.61.